The zero-order chi connectivity index (χ0) is 16.4. The molecule has 7 nitrogen and oxygen atoms in total. The van der Waals surface area contributed by atoms with Crippen molar-refractivity contribution < 1.29 is 14.4 Å². The average Bonchev–Trinajstić information content (AvgIpc) is 3.16. The Labute approximate surface area is 136 Å². The van der Waals surface area contributed by atoms with E-state index in [1.54, 1.807) is 4.90 Å². The molecule has 1 saturated heterocycles. The lowest BCUT2D eigenvalue weighted by atomic mass is 9.98. The molecule has 7 heteroatoms. The Morgan fingerprint density at radius 2 is 2.00 bits per heavy atom. The van der Waals surface area contributed by atoms with Crippen LogP contribution in [0.2, 0.25) is 0 Å². The maximum absolute atomic E-state index is 12.5. The predicted octanol–water partition coefficient (Wildman–Crippen LogP) is 0.438. The molecule has 128 valence electrons. The highest BCUT2D eigenvalue weighted by molar-refractivity contribution is 6.07. The van der Waals surface area contributed by atoms with Crippen molar-refractivity contribution >= 4 is 17.8 Å². The Hall–Kier alpha value is -1.63. The molecule has 2 saturated carbocycles. The van der Waals surface area contributed by atoms with E-state index >= 15 is 0 Å². The third-order valence-corrected chi connectivity index (χ3v) is 5.18. The number of urea groups is 1. The lowest BCUT2D eigenvalue weighted by Gasteiger charge is -2.23. The lowest BCUT2D eigenvalue weighted by molar-refractivity contribution is -0.133. The van der Waals surface area contributed by atoms with Crippen LogP contribution < -0.4 is 11.1 Å². The van der Waals surface area contributed by atoms with Crippen LogP contribution in [-0.4, -0.2) is 59.4 Å². The third kappa shape index (κ3) is 3.34. The van der Waals surface area contributed by atoms with Gasteiger partial charge < -0.3 is 16.0 Å². The quantitative estimate of drug-likeness (QED) is 0.665. The van der Waals surface area contributed by atoms with E-state index in [4.69, 9.17) is 5.73 Å². The number of carbonyl (C=O) groups is 3. The first-order chi connectivity index (χ1) is 11.1. The smallest absolute Gasteiger partial charge is 0.325 e. The monoisotopic (exact) mass is 322 g/mol. The minimum absolute atomic E-state index is 0.0182. The Balaban J connectivity index is 1.55. The molecule has 0 aromatic carbocycles. The van der Waals surface area contributed by atoms with Gasteiger partial charge in [-0.25, -0.2) is 4.79 Å². The first-order valence-electron chi connectivity index (χ1n) is 8.68. The van der Waals surface area contributed by atoms with Crippen molar-refractivity contribution in [3.05, 3.63) is 0 Å². The van der Waals surface area contributed by atoms with Crippen LogP contribution in [0.3, 0.4) is 0 Å². The van der Waals surface area contributed by atoms with Crippen molar-refractivity contribution in [3.8, 4) is 0 Å². The minimum Gasteiger partial charge on any atom is -0.341 e. The van der Waals surface area contributed by atoms with Gasteiger partial charge in [0.25, 0.3) is 5.91 Å². The maximum Gasteiger partial charge on any atom is 0.325 e. The molecule has 1 aliphatic heterocycles. The summed E-state index contributed by atoms with van der Waals surface area (Å²) >= 11 is 0. The zero-order valence-corrected chi connectivity index (χ0v) is 13.6. The predicted molar refractivity (Wildman–Crippen MR) is 84.4 cm³/mol. The van der Waals surface area contributed by atoms with Crippen LogP contribution in [0.4, 0.5) is 4.79 Å². The number of nitrogens with zero attached hydrogens (tertiary/aromatic N) is 2. The lowest BCUT2D eigenvalue weighted by Crippen LogP contribution is -2.44. The van der Waals surface area contributed by atoms with Gasteiger partial charge in [0.05, 0.1) is 0 Å². The van der Waals surface area contributed by atoms with E-state index in [2.05, 4.69) is 5.32 Å². The van der Waals surface area contributed by atoms with Gasteiger partial charge in [-0.15, -0.1) is 0 Å². The van der Waals surface area contributed by atoms with Gasteiger partial charge in [-0.05, 0) is 31.6 Å². The molecular weight excluding hydrogens is 296 g/mol. The second-order valence-corrected chi connectivity index (χ2v) is 7.00. The summed E-state index contributed by atoms with van der Waals surface area (Å²) in [6.07, 6.45) is 5.87. The van der Waals surface area contributed by atoms with Crippen molar-refractivity contribution in [1.29, 1.82) is 0 Å². The molecule has 0 aromatic rings. The van der Waals surface area contributed by atoms with Crippen LogP contribution in [-0.2, 0) is 9.59 Å². The molecule has 4 amide bonds. The Morgan fingerprint density at radius 1 is 1.30 bits per heavy atom. The van der Waals surface area contributed by atoms with E-state index in [9.17, 15) is 14.4 Å². The van der Waals surface area contributed by atoms with Crippen LogP contribution in [0, 0.1) is 5.92 Å². The largest absolute Gasteiger partial charge is 0.341 e. The second kappa shape index (κ2) is 6.47. The van der Waals surface area contributed by atoms with Crippen molar-refractivity contribution in [2.45, 2.75) is 50.5 Å². The summed E-state index contributed by atoms with van der Waals surface area (Å²) < 4.78 is 0. The van der Waals surface area contributed by atoms with Gasteiger partial charge in [-0.2, -0.15) is 0 Å². The fourth-order valence-electron chi connectivity index (χ4n) is 3.65. The number of hydrogen-bond donors (Lipinski definition) is 2. The molecule has 0 radical (unpaired) electrons. The topological polar surface area (TPSA) is 95.7 Å². The first kappa shape index (κ1) is 16.2. The number of hydrogen-bond acceptors (Lipinski definition) is 4. The molecule has 3 aliphatic rings. The summed E-state index contributed by atoms with van der Waals surface area (Å²) in [5, 5.41) is 2.84. The normalized spacial score (nSPS) is 22.7. The molecule has 23 heavy (non-hydrogen) atoms. The Bertz CT molecular complexity index is 498. The third-order valence-electron chi connectivity index (χ3n) is 5.18. The standard InChI is InChI=1S/C16H26N4O3/c17-8-10-19(11-12-3-4-12)13(21)5-9-20-14(22)16(18-15(20)23)6-1-2-7-16/h12H,1-11,17H2,(H,18,23). The van der Waals surface area contributed by atoms with Gasteiger partial charge in [0.2, 0.25) is 5.91 Å². The molecule has 3 fully saturated rings. The van der Waals surface area contributed by atoms with E-state index in [0.29, 0.717) is 31.8 Å². The van der Waals surface area contributed by atoms with Crippen molar-refractivity contribution in [3.63, 3.8) is 0 Å². The number of nitrogens with one attached hydrogen (secondary N) is 1. The number of rotatable bonds is 7. The summed E-state index contributed by atoms with van der Waals surface area (Å²) in [5.41, 5.74) is 4.89. The first-order valence-corrected chi connectivity index (χ1v) is 8.68. The van der Waals surface area contributed by atoms with Gasteiger partial charge in [0.1, 0.15) is 5.54 Å². The Morgan fingerprint density at radius 3 is 2.61 bits per heavy atom. The average molecular weight is 322 g/mol. The highest BCUT2D eigenvalue weighted by atomic mass is 16.2. The van der Waals surface area contributed by atoms with Crippen LogP contribution in [0.1, 0.15) is 44.9 Å². The molecule has 0 atom stereocenters. The van der Waals surface area contributed by atoms with Crippen LogP contribution in [0.15, 0.2) is 0 Å². The van der Waals surface area contributed by atoms with Gasteiger partial charge in [0.15, 0.2) is 0 Å². The van der Waals surface area contributed by atoms with Gasteiger partial charge in [-0.1, -0.05) is 12.8 Å². The summed E-state index contributed by atoms with van der Waals surface area (Å²) in [7, 11) is 0. The molecule has 2 aliphatic carbocycles. The maximum atomic E-state index is 12.5. The fourth-order valence-corrected chi connectivity index (χ4v) is 3.65. The van der Waals surface area contributed by atoms with Gasteiger partial charge >= 0.3 is 6.03 Å². The van der Waals surface area contributed by atoms with Crippen molar-refractivity contribution in [1.82, 2.24) is 15.1 Å². The van der Waals surface area contributed by atoms with Gasteiger partial charge in [-0.3, -0.25) is 14.5 Å². The molecule has 3 N–H and O–H groups in total. The zero-order valence-electron chi connectivity index (χ0n) is 13.6. The fraction of sp³-hybridized carbons (Fsp3) is 0.812. The van der Waals surface area contributed by atoms with E-state index in [0.717, 1.165) is 19.4 Å². The second-order valence-electron chi connectivity index (χ2n) is 7.00. The SMILES string of the molecule is NCCN(CC1CC1)C(=O)CCN1C(=O)NC2(CCCC2)C1=O. The van der Waals surface area contributed by atoms with E-state index in [1.807, 2.05) is 0 Å². The summed E-state index contributed by atoms with van der Waals surface area (Å²) in [5.74, 6) is 0.430. The van der Waals surface area contributed by atoms with Crippen LogP contribution >= 0.6 is 0 Å². The van der Waals surface area contributed by atoms with Crippen LogP contribution in [0.5, 0.6) is 0 Å². The Kier molecular flexibility index (Phi) is 4.57. The van der Waals surface area contributed by atoms with E-state index in [1.165, 1.54) is 17.7 Å². The number of nitrogens with two attached hydrogens (primary N) is 1. The highest BCUT2D eigenvalue weighted by Gasteiger charge is 2.52. The molecule has 0 unspecified atom stereocenters. The molecule has 1 spiro atoms. The summed E-state index contributed by atoms with van der Waals surface area (Å²) in [6, 6.07) is -0.350. The van der Waals surface area contributed by atoms with E-state index < -0.39 is 5.54 Å². The molecule has 3 rings (SSSR count). The highest BCUT2D eigenvalue weighted by Crippen LogP contribution is 2.35. The molecule has 0 bridgehead atoms. The van der Waals surface area contributed by atoms with Crippen molar-refractivity contribution in [2.75, 3.05) is 26.2 Å². The molecule has 0 aromatic heterocycles. The van der Waals surface area contributed by atoms with Crippen molar-refractivity contribution in [2.24, 2.45) is 11.7 Å². The van der Waals surface area contributed by atoms with Crippen LogP contribution in [0.25, 0.3) is 0 Å². The molecule has 1 heterocycles. The minimum atomic E-state index is -0.689. The van der Waals surface area contributed by atoms with E-state index in [-0.39, 0.29) is 30.8 Å². The summed E-state index contributed by atoms with van der Waals surface area (Å²) in [4.78, 5) is 40.0. The molecular formula is C16H26N4O3. The van der Waals surface area contributed by atoms with Gasteiger partial charge in [0, 0.05) is 32.6 Å². The summed E-state index contributed by atoms with van der Waals surface area (Å²) in [6.45, 7) is 1.89. The number of amides is 4. The number of carbonyl (C=O) groups excluding carboxylic acids is 3. The number of imide groups is 1.